The highest BCUT2D eigenvalue weighted by atomic mass is 32.1. The number of halogens is 1. The standard InChI is InChI=1S/C12H10FNO2S/c1-16-10-4-5-17-12(10)11(15)8-6-7(13)2-3-9(8)14/h2-6H,14H2,1H3. The molecule has 17 heavy (non-hydrogen) atoms. The maximum absolute atomic E-state index is 13.1. The van der Waals surface area contributed by atoms with E-state index in [0.717, 1.165) is 6.07 Å². The monoisotopic (exact) mass is 251 g/mol. The summed E-state index contributed by atoms with van der Waals surface area (Å²) in [6.45, 7) is 0. The second-order valence-corrected chi connectivity index (χ2v) is 4.29. The van der Waals surface area contributed by atoms with Crippen LogP contribution in [0, 0.1) is 5.82 Å². The molecule has 0 atom stereocenters. The van der Waals surface area contributed by atoms with Gasteiger partial charge in [0.25, 0.3) is 0 Å². The van der Waals surface area contributed by atoms with Crippen molar-refractivity contribution in [2.24, 2.45) is 0 Å². The lowest BCUT2D eigenvalue weighted by Crippen LogP contribution is -2.05. The third-order valence-electron chi connectivity index (χ3n) is 2.32. The van der Waals surface area contributed by atoms with Gasteiger partial charge in [-0.1, -0.05) is 0 Å². The molecule has 0 bridgehead atoms. The first-order valence-electron chi connectivity index (χ1n) is 4.84. The number of carbonyl (C=O) groups excluding carboxylic acids is 1. The molecule has 1 heterocycles. The normalized spacial score (nSPS) is 10.2. The van der Waals surface area contributed by atoms with E-state index < -0.39 is 5.82 Å². The Balaban J connectivity index is 2.47. The zero-order chi connectivity index (χ0) is 12.4. The van der Waals surface area contributed by atoms with Crippen molar-refractivity contribution in [2.75, 3.05) is 12.8 Å². The van der Waals surface area contributed by atoms with Crippen LogP contribution in [-0.4, -0.2) is 12.9 Å². The van der Waals surface area contributed by atoms with Gasteiger partial charge in [0.2, 0.25) is 5.78 Å². The van der Waals surface area contributed by atoms with Crippen LogP contribution in [0.5, 0.6) is 5.75 Å². The number of carbonyl (C=O) groups is 1. The van der Waals surface area contributed by atoms with Gasteiger partial charge >= 0.3 is 0 Å². The zero-order valence-corrected chi connectivity index (χ0v) is 9.88. The highest BCUT2D eigenvalue weighted by Crippen LogP contribution is 2.29. The largest absolute Gasteiger partial charge is 0.495 e. The molecule has 1 aromatic carbocycles. The lowest BCUT2D eigenvalue weighted by atomic mass is 10.1. The summed E-state index contributed by atoms with van der Waals surface area (Å²) in [6, 6.07) is 5.42. The molecular formula is C12H10FNO2S. The minimum absolute atomic E-state index is 0.158. The van der Waals surface area contributed by atoms with Gasteiger partial charge in [-0.2, -0.15) is 0 Å². The number of nitrogen functional groups attached to an aromatic ring is 1. The van der Waals surface area contributed by atoms with Crippen molar-refractivity contribution < 1.29 is 13.9 Å². The Hall–Kier alpha value is -1.88. The van der Waals surface area contributed by atoms with Crippen LogP contribution in [0.15, 0.2) is 29.6 Å². The average molecular weight is 251 g/mol. The molecule has 2 rings (SSSR count). The molecule has 3 nitrogen and oxygen atoms in total. The first kappa shape index (κ1) is 11.6. The van der Waals surface area contributed by atoms with Gasteiger partial charge in [-0.3, -0.25) is 4.79 Å². The molecule has 0 spiro atoms. The molecule has 2 N–H and O–H groups in total. The van der Waals surface area contributed by atoms with Gasteiger partial charge in [0.05, 0.1) is 7.11 Å². The van der Waals surface area contributed by atoms with E-state index in [1.807, 2.05) is 0 Å². The van der Waals surface area contributed by atoms with E-state index >= 15 is 0 Å². The average Bonchev–Trinajstić information content (AvgIpc) is 2.79. The van der Waals surface area contributed by atoms with Gasteiger partial charge in [0, 0.05) is 11.3 Å². The fourth-order valence-corrected chi connectivity index (χ4v) is 2.28. The van der Waals surface area contributed by atoms with Crippen molar-refractivity contribution in [3.05, 3.63) is 45.9 Å². The molecule has 0 amide bonds. The quantitative estimate of drug-likeness (QED) is 0.674. The summed E-state index contributed by atoms with van der Waals surface area (Å²) in [6.07, 6.45) is 0. The van der Waals surface area contributed by atoms with Crippen molar-refractivity contribution in [1.82, 2.24) is 0 Å². The van der Waals surface area contributed by atoms with Crippen molar-refractivity contribution in [2.45, 2.75) is 0 Å². The highest BCUT2D eigenvalue weighted by molar-refractivity contribution is 7.12. The number of nitrogens with two attached hydrogens (primary N) is 1. The van der Waals surface area contributed by atoms with E-state index in [4.69, 9.17) is 10.5 Å². The molecule has 0 saturated heterocycles. The van der Waals surface area contributed by atoms with Gasteiger partial charge in [0.15, 0.2) is 0 Å². The van der Waals surface area contributed by atoms with Crippen LogP contribution in [-0.2, 0) is 0 Å². The first-order chi connectivity index (χ1) is 8.13. The maximum atomic E-state index is 13.1. The third-order valence-corrected chi connectivity index (χ3v) is 3.21. The predicted octanol–water partition coefficient (Wildman–Crippen LogP) is 2.71. The van der Waals surface area contributed by atoms with Gasteiger partial charge in [-0.05, 0) is 29.6 Å². The Morgan fingerprint density at radius 2 is 2.18 bits per heavy atom. The lowest BCUT2D eigenvalue weighted by Gasteiger charge is -2.05. The van der Waals surface area contributed by atoms with Gasteiger partial charge in [0.1, 0.15) is 16.4 Å². The lowest BCUT2D eigenvalue weighted by molar-refractivity contribution is 0.104. The number of hydrogen-bond acceptors (Lipinski definition) is 4. The van der Waals surface area contributed by atoms with Gasteiger partial charge in [-0.15, -0.1) is 11.3 Å². The van der Waals surface area contributed by atoms with E-state index in [-0.39, 0.29) is 17.0 Å². The van der Waals surface area contributed by atoms with E-state index in [1.54, 1.807) is 11.4 Å². The molecule has 0 unspecified atom stereocenters. The minimum atomic E-state index is -0.488. The molecule has 5 heteroatoms. The Bertz CT molecular complexity index is 565. The second kappa shape index (κ2) is 4.55. The van der Waals surface area contributed by atoms with Crippen molar-refractivity contribution in [3.8, 4) is 5.75 Å². The van der Waals surface area contributed by atoms with Crippen LogP contribution >= 0.6 is 11.3 Å². The number of anilines is 1. The molecule has 88 valence electrons. The number of thiophene rings is 1. The molecule has 0 aliphatic rings. The molecule has 1 aromatic heterocycles. The number of methoxy groups -OCH3 is 1. The summed E-state index contributed by atoms with van der Waals surface area (Å²) in [4.78, 5) is 12.6. The summed E-state index contributed by atoms with van der Waals surface area (Å²) in [7, 11) is 1.48. The van der Waals surface area contributed by atoms with E-state index in [0.29, 0.717) is 10.6 Å². The van der Waals surface area contributed by atoms with E-state index in [2.05, 4.69) is 0 Å². The number of hydrogen-bond donors (Lipinski definition) is 1. The number of ether oxygens (including phenoxy) is 1. The fourth-order valence-electron chi connectivity index (χ4n) is 1.47. The minimum Gasteiger partial charge on any atom is -0.495 e. The van der Waals surface area contributed by atoms with Crippen LogP contribution in [0.1, 0.15) is 15.2 Å². The summed E-state index contributed by atoms with van der Waals surface area (Å²) < 4.78 is 18.1. The van der Waals surface area contributed by atoms with Crippen LogP contribution in [0.3, 0.4) is 0 Å². The Morgan fingerprint density at radius 1 is 1.41 bits per heavy atom. The van der Waals surface area contributed by atoms with Gasteiger partial charge < -0.3 is 10.5 Å². The Kier molecular flexibility index (Phi) is 3.10. The smallest absolute Gasteiger partial charge is 0.208 e. The second-order valence-electron chi connectivity index (χ2n) is 3.38. The van der Waals surface area contributed by atoms with Crippen LogP contribution in [0.4, 0.5) is 10.1 Å². The summed E-state index contributed by atoms with van der Waals surface area (Å²) in [5, 5.41) is 1.74. The highest BCUT2D eigenvalue weighted by Gasteiger charge is 2.18. The molecule has 0 aliphatic carbocycles. The zero-order valence-electron chi connectivity index (χ0n) is 9.07. The summed E-state index contributed by atoms with van der Waals surface area (Å²) in [5.41, 5.74) is 6.08. The molecule has 2 aromatic rings. The van der Waals surface area contributed by atoms with Gasteiger partial charge in [-0.25, -0.2) is 4.39 Å². The summed E-state index contributed by atoms with van der Waals surface area (Å²) >= 11 is 1.24. The SMILES string of the molecule is COc1ccsc1C(=O)c1cc(F)ccc1N. The maximum Gasteiger partial charge on any atom is 0.208 e. The Labute approximate surface area is 102 Å². The molecule has 0 radical (unpaired) electrons. The Morgan fingerprint density at radius 3 is 2.88 bits per heavy atom. The number of benzene rings is 1. The number of rotatable bonds is 3. The van der Waals surface area contributed by atoms with E-state index in [9.17, 15) is 9.18 Å². The molecule has 0 aliphatic heterocycles. The van der Waals surface area contributed by atoms with E-state index in [1.165, 1.54) is 30.6 Å². The fraction of sp³-hybridized carbons (Fsp3) is 0.0833. The summed E-state index contributed by atoms with van der Waals surface area (Å²) in [5.74, 6) is -0.337. The predicted molar refractivity (Wildman–Crippen MR) is 65.1 cm³/mol. The van der Waals surface area contributed by atoms with Crippen molar-refractivity contribution in [3.63, 3.8) is 0 Å². The van der Waals surface area contributed by atoms with Crippen LogP contribution < -0.4 is 10.5 Å². The first-order valence-corrected chi connectivity index (χ1v) is 5.72. The topological polar surface area (TPSA) is 52.3 Å². The van der Waals surface area contributed by atoms with Crippen molar-refractivity contribution >= 4 is 22.8 Å². The molecule has 0 fully saturated rings. The third kappa shape index (κ3) is 2.14. The molecule has 0 saturated carbocycles. The van der Waals surface area contributed by atoms with Crippen molar-refractivity contribution in [1.29, 1.82) is 0 Å². The molecular weight excluding hydrogens is 241 g/mol. The van der Waals surface area contributed by atoms with Crippen LogP contribution in [0.25, 0.3) is 0 Å². The number of ketones is 1. The van der Waals surface area contributed by atoms with Crippen LogP contribution in [0.2, 0.25) is 0 Å².